The van der Waals surface area contributed by atoms with E-state index < -0.39 is 0 Å². The molecule has 0 heterocycles. The van der Waals surface area contributed by atoms with Crippen LogP contribution in [0.3, 0.4) is 0 Å². The summed E-state index contributed by atoms with van der Waals surface area (Å²) in [5.41, 5.74) is 1.96. The topological polar surface area (TPSA) is 0 Å². The van der Waals surface area contributed by atoms with Crippen molar-refractivity contribution >= 4 is 0 Å². The van der Waals surface area contributed by atoms with Gasteiger partial charge in [0.1, 0.15) is 0 Å². The average molecular weight is 140 g/mol. The summed E-state index contributed by atoms with van der Waals surface area (Å²) >= 11 is 0. The first-order valence-electron chi connectivity index (χ1n) is 4.21. The second kappa shape index (κ2) is 3.80. The first-order valence-corrected chi connectivity index (χ1v) is 4.21. The minimum atomic E-state index is 0.380. The molecule has 0 fully saturated rings. The van der Waals surface area contributed by atoms with E-state index in [2.05, 4.69) is 40.7 Å². The van der Waals surface area contributed by atoms with Gasteiger partial charge in [0, 0.05) is 0 Å². The molecule has 0 unspecified atom stereocenters. The maximum absolute atomic E-state index is 2.35. The summed E-state index contributed by atoms with van der Waals surface area (Å²) in [6.45, 7) is 11.3. The van der Waals surface area contributed by atoms with Gasteiger partial charge in [0.15, 0.2) is 0 Å². The van der Waals surface area contributed by atoms with Gasteiger partial charge in [-0.05, 0) is 18.3 Å². The summed E-state index contributed by atoms with van der Waals surface area (Å²) in [7, 11) is 0. The van der Waals surface area contributed by atoms with E-state index in [1.54, 1.807) is 5.57 Å². The maximum Gasteiger partial charge on any atom is -0.0173 e. The van der Waals surface area contributed by atoms with E-state index in [4.69, 9.17) is 0 Å². The first kappa shape index (κ1) is 9.74. The molecule has 0 aliphatic carbocycles. The minimum Gasteiger partial charge on any atom is -0.0851 e. The molecule has 0 radical (unpaired) electrons. The number of allylic oxidation sites excluding steroid dienone is 2. The van der Waals surface area contributed by atoms with Gasteiger partial charge in [0.25, 0.3) is 0 Å². The van der Waals surface area contributed by atoms with Crippen LogP contribution in [0, 0.1) is 5.41 Å². The summed E-state index contributed by atoms with van der Waals surface area (Å²) in [5.74, 6) is 0. The fourth-order valence-electron chi connectivity index (χ4n) is 1.23. The predicted octanol–water partition coefficient (Wildman–Crippen LogP) is 3.78. The second-order valence-corrected chi connectivity index (χ2v) is 3.74. The van der Waals surface area contributed by atoms with Crippen molar-refractivity contribution in [1.82, 2.24) is 0 Å². The quantitative estimate of drug-likeness (QED) is 0.512. The van der Waals surface area contributed by atoms with Gasteiger partial charge in [-0.3, -0.25) is 0 Å². The molecule has 0 amide bonds. The van der Waals surface area contributed by atoms with Crippen molar-refractivity contribution in [1.29, 1.82) is 0 Å². The van der Waals surface area contributed by atoms with Crippen LogP contribution in [0.2, 0.25) is 0 Å². The lowest BCUT2D eigenvalue weighted by Crippen LogP contribution is -2.08. The second-order valence-electron chi connectivity index (χ2n) is 3.74. The van der Waals surface area contributed by atoms with Crippen molar-refractivity contribution in [2.24, 2.45) is 5.41 Å². The molecule has 0 aliphatic heterocycles. The monoisotopic (exact) mass is 140 g/mol. The molecule has 0 saturated heterocycles. The van der Waals surface area contributed by atoms with Crippen molar-refractivity contribution in [2.75, 3.05) is 0 Å². The molecule has 0 atom stereocenters. The Kier molecular flexibility index (Phi) is 3.70. The van der Waals surface area contributed by atoms with Gasteiger partial charge >= 0.3 is 0 Å². The largest absolute Gasteiger partial charge is 0.0851 e. The van der Waals surface area contributed by atoms with Crippen LogP contribution >= 0.6 is 0 Å². The fraction of sp³-hybridized carbons (Fsp3) is 0.800. The van der Waals surface area contributed by atoms with Crippen LogP contribution in [-0.4, -0.2) is 0 Å². The van der Waals surface area contributed by atoms with Crippen molar-refractivity contribution in [2.45, 2.75) is 47.5 Å². The Morgan fingerprint density at radius 3 is 1.80 bits per heavy atom. The Morgan fingerprint density at radius 1 is 1.20 bits per heavy atom. The number of hydrogen-bond donors (Lipinski definition) is 0. The molecule has 0 aliphatic rings. The summed E-state index contributed by atoms with van der Waals surface area (Å²) in [6.07, 6.45) is 4.71. The minimum absolute atomic E-state index is 0.380. The van der Waals surface area contributed by atoms with E-state index in [1.165, 1.54) is 12.8 Å². The highest BCUT2D eigenvalue weighted by Gasteiger charge is 2.13. The van der Waals surface area contributed by atoms with Gasteiger partial charge in [0.2, 0.25) is 0 Å². The molecule has 0 saturated carbocycles. The average Bonchev–Trinajstić information content (AvgIpc) is 1.80. The van der Waals surface area contributed by atoms with Crippen molar-refractivity contribution in [3.8, 4) is 0 Å². The molecule has 0 aromatic heterocycles. The normalized spacial score (nSPS) is 13.9. The number of hydrogen-bond acceptors (Lipinski definition) is 0. The Balaban J connectivity index is 4.21. The molecule has 0 aromatic rings. The Bertz CT molecular complexity index is 112. The van der Waals surface area contributed by atoms with E-state index >= 15 is 0 Å². The van der Waals surface area contributed by atoms with E-state index in [1.807, 2.05) is 0 Å². The Hall–Kier alpha value is -0.260. The standard InChI is InChI=1S/C10H20/c1-6-8-9(7-2)10(3,4)5/h8H,6-7H2,1-5H3. The highest BCUT2D eigenvalue weighted by Crippen LogP contribution is 2.27. The van der Waals surface area contributed by atoms with Crippen LogP contribution < -0.4 is 0 Å². The van der Waals surface area contributed by atoms with Gasteiger partial charge in [-0.1, -0.05) is 46.3 Å². The molecular weight excluding hydrogens is 120 g/mol. The SMILES string of the molecule is CCC=C(CC)C(C)(C)C. The van der Waals surface area contributed by atoms with E-state index in [0.29, 0.717) is 5.41 Å². The van der Waals surface area contributed by atoms with Gasteiger partial charge in [-0.2, -0.15) is 0 Å². The lowest BCUT2D eigenvalue weighted by molar-refractivity contribution is 0.486. The molecule has 10 heavy (non-hydrogen) atoms. The van der Waals surface area contributed by atoms with Crippen LogP contribution in [-0.2, 0) is 0 Å². The smallest absolute Gasteiger partial charge is 0.0173 e. The Labute approximate surface area is 65.3 Å². The fourth-order valence-corrected chi connectivity index (χ4v) is 1.23. The van der Waals surface area contributed by atoms with Crippen LogP contribution in [0.5, 0.6) is 0 Å². The molecule has 0 spiro atoms. The van der Waals surface area contributed by atoms with E-state index in [0.717, 1.165) is 0 Å². The van der Waals surface area contributed by atoms with Crippen molar-refractivity contribution in [3.05, 3.63) is 11.6 Å². The molecule has 60 valence electrons. The zero-order valence-electron chi connectivity index (χ0n) is 7.99. The van der Waals surface area contributed by atoms with Gasteiger partial charge < -0.3 is 0 Å². The molecule has 0 nitrogen and oxygen atoms in total. The molecule has 0 heteroatoms. The molecule has 0 N–H and O–H groups in total. The highest BCUT2D eigenvalue weighted by atomic mass is 14.2. The van der Waals surface area contributed by atoms with Gasteiger partial charge in [-0.25, -0.2) is 0 Å². The lowest BCUT2D eigenvalue weighted by Gasteiger charge is -2.21. The molecule has 0 aromatic carbocycles. The summed E-state index contributed by atoms with van der Waals surface area (Å²) in [6, 6.07) is 0. The van der Waals surface area contributed by atoms with E-state index in [9.17, 15) is 0 Å². The van der Waals surface area contributed by atoms with Crippen molar-refractivity contribution < 1.29 is 0 Å². The third kappa shape index (κ3) is 3.05. The summed E-state index contributed by atoms with van der Waals surface area (Å²) in [5, 5.41) is 0. The first-order chi connectivity index (χ1) is 4.52. The van der Waals surface area contributed by atoms with Crippen LogP contribution in [0.1, 0.15) is 47.5 Å². The third-order valence-corrected chi connectivity index (χ3v) is 1.79. The number of rotatable bonds is 2. The third-order valence-electron chi connectivity index (χ3n) is 1.79. The molecular formula is C10H20. The van der Waals surface area contributed by atoms with Crippen LogP contribution in [0.25, 0.3) is 0 Å². The van der Waals surface area contributed by atoms with Crippen LogP contribution in [0.15, 0.2) is 11.6 Å². The van der Waals surface area contributed by atoms with E-state index in [-0.39, 0.29) is 0 Å². The summed E-state index contributed by atoms with van der Waals surface area (Å²) < 4.78 is 0. The molecule has 0 rings (SSSR count). The zero-order valence-corrected chi connectivity index (χ0v) is 7.99. The van der Waals surface area contributed by atoms with Gasteiger partial charge in [-0.15, -0.1) is 0 Å². The Morgan fingerprint density at radius 2 is 1.70 bits per heavy atom. The zero-order chi connectivity index (χ0) is 8.20. The summed E-state index contributed by atoms with van der Waals surface area (Å²) in [4.78, 5) is 0. The maximum atomic E-state index is 2.35. The molecule has 0 bridgehead atoms. The predicted molar refractivity (Wildman–Crippen MR) is 48.1 cm³/mol. The highest BCUT2D eigenvalue weighted by molar-refractivity contribution is 5.09. The lowest BCUT2D eigenvalue weighted by atomic mass is 9.84. The van der Waals surface area contributed by atoms with Crippen LogP contribution in [0.4, 0.5) is 0 Å². The van der Waals surface area contributed by atoms with Crippen molar-refractivity contribution in [3.63, 3.8) is 0 Å². The van der Waals surface area contributed by atoms with Gasteiger partial charge in [0.05, 0.1) is 0 Å².